The molecule has 6 nitrogen and oxygen atoms in total. The summed E-state index contributed by atoms with van der Waals surface area (Å²) in [7, 11) is 1.55. The molecule has 1 atom stereocenters. The second kappa shape index (κ2) is 9.20. The molecule has 0 unspecified atom stereocenters. The van der Waals surface area contributed by atoms with Crippen LogP contribution in [0.25, 0.3) is 6.08 Å². The van der Waals surface area contributed by atoms with Crippen molar-refractivity contribution in [2.24, 2.45) is 0 Å². The predicted octanol–water partition coefficient (Wildman–Crippen LogP) is 3.48. The van der Waals surface area contributed by atoms with Gasteiger partial charge in [0.15, 0.2) is 6.10 Å². The summed E-state index contributed by atoms with van der Waals surface area (Å²) in [5.74, 6) is -0.675. The average molecular weight is 364 g/mol. The van der Waals surface area contributed by atoms with Crippen LogP contribution in [0.5, 0.6) is 5.75 Å². The van der Waals surface area contributed by atoms with Crippen molar-refractivity contribution in [1.29, 1.82) is 5.26 Å². The molecule has 0 aromatic heterocycles. The highest BCUT2D eigenvalue weighted by Crippen LogP contribution is 2.15. The summed E-state index contributed by atoms with van der Waals surface area (Å²) in [5, 5.41) is 11.9. The summed E-state index contributed by atoms with van der Waals surface area (Å²) >= 11 is 0. The Balaban J connectivity index is 2.03. The van der Waals surface area contributed by atoms with Crippen molar-refractivity contribution in [3.63, 3.8) is 0 Å². The second-order valence-electron chi connectivity index (χ2n) is 5.85. The molecule has 0 spiro atoms. The molecule has 0 fully saturated rings. The maximum atomic E-state index is 12.2. The van der Waals surface area contributed by atoms with Crippen molar-refractivity contribution < 1.29 is 19.1 Å². The second-order valence-corrected chi connectivity index (χ2v) is 5.85. The third-order valence-corrected chi connectivity index (χ3v) is 3.71. The largest absolute Gasteiger partial charge is 0.497 e. The Morgan fingerprint density at radius 1 is 1.19 bits per heavy atom. The van der Waals surface area contributed by atoms with Crippen LogP contribution in [0, 0.1) is 18.3 Å². The average Bonchev–Trinajstić information content (AvgIpc) is 2.66. The number of carbonyl (C=O) groups is 2. The lowest BCUT2D eigenvalue weighted by atomic mass is 10.1. The molecule has 0 radical (unpaired) electrons. The third-order valence-electron chi connectivity index (χ3n) is 3.71. The van der Waals surface area contributed by atoms with Gasteiger partial charge in [-0.25, -0.2) is 4.79 Å². The van der Waals surface area contributed by atoms with E-state index < -0.39 is 18.0 Å². The van der Waals surface area contributed by atoms with E-state index in [0.29, 0.717) is 17.0 Å². The smallest absolute Gasteiger partial charge is 0.349 e. The Morgan fingerprint density at radius 3 is 2.48 bits per heavy atom. The Morgan fingerprint density at radius 2 is 1.89 bits per heavy atom. The molecule has 0 saturated carbocycles. The number of nitriles is 1. The van der Waals surface area contributed by atoms with Gasteiger partial charge in [-0.1, -0.05) is 24.3 Å². The first-order valence-electron chi connectivity index (χ1n) is 8.27. The fourth-order valence-corrected chi connectivity index (χ4v) is 2.25. The highest BCUT2D eigenvalue weighted by Gasteiger charge is 2.20. The number of hydrogen-bond acceptors (Lipinski definition) is 5. The summed E-state index contributed by atoms with van der Waals surface area (Å²) in [6, 6.07) is 15.9. The van der Waals surface area contributed by atoms with Crippen molar-refractivity contribution in [2.45, 2.75) is 20.0 Å². The van der Waals surface area contributed by atoms with Crippen LogP contribution in [0.1, 0.15) is 18.1 Å². The Hall–Kier alpha value is -3.59. The van der Waals surface area contributed by atoms with Crippen LogP contribution in [-0.4, -0.2) is 25.1 Å². The van der Waals surface area contributed by atoms with Gasteiger partial charge in [0.25, 0.3) is 5.91 Å². The van der Waals surface area contributed by atoms with Crippen LogP contribution in [0.3, 0.4) is 0 Å². The number of methoxy groups -OCH3 is 1. The van der Waals surface area contributed by atoms with E-state index in [1.807, 2.05) is 19.1 Å². The van der Waals surface area contributed by atoms with Crippen molar-refractivity contribution in [3.8, 4) is 11.8 Å². The number of amides is 1. The monoisotopic (exact) mass is 364 g/mol. The maximum Gasteiger partial charge on any atom is 0.349 e. The number of nitrogens with one attached hydrogen (secondary N) is 1. The first-order chi connectivity index (χ1) is 12.9. The van der Waals surface area contributed by atoms with Crippen LogP contribution >= 0.6 is 0 Å². The number of nitrogens with zero attached hydrogens (tertiary/aromatic N) is 1. The summed E-state index contributed by atoms with van der Waals surface area (Å²) in [6.45, 7) is 3.35. The zero-order valence-electron chi connectivity index (χ0n) is 15.4. The van der Waals surface area contributed by atoms with Crippen LogP contribution < -0.4 is 10.1 Å². The van der Waals surface area contributed by atoms with Gasteiger partial charge in [-0.2, -0.15) is 5.26 Å². The van der Waals surface area contributed by atoms with E-state index in [-0.39, 0.29) is 5.57 Å². The Bertz CT molecular complexity index is 895. The summed E-state index contributed by atoms with van der Waals surface area (Å²) < 4.78 is 10.2. The van der Waals surface area contributed by atoms with Gasteiger partial charge in [-0.3, -0.25) is 4.79 Å². The molecule has 0 aliphatic heterocycles. The van der Waals surface area contributed by atoms with Gasteiger partial charge in [0.05, 0.1) is 7.11 Å². The normalized spacial score (nSPS) is 11.9. The number of aryl methyl sites for hydroxylation is 1. The molecule has 138 valence electrons. The van der Waals surface area contributed by atoms with Gasteiger partial charge in [-0.15, -0.1) is 0 Å². The van der Waals surface area contributed by atoms with Crippen molar-refractivity contribution >= 4 is 23.6 Å². The zero-order chi connectivity index (χ0) is 19.8. The molecule has 2 aromatic carbocycles. The molecule has 0 aliphatic rings. The topological polar surface area (TPSA) is 88.4 Å². The molecule has 27 heavy (non-hydrogen) atoms. The molecule has 6 heteroatoms. The van der Waals surface area contributed by atoms with E-state index in [4.69, 9.17) is 9.47 Å². The van der Waals surface area contributed by atoms with Gasteiger partial charge in [0, 0.05) is 5.69 Å². The minimum atomic E-state index is -1.05. The summed E-state index contributed by atoms with van der Waals surface area (Å²) in [5.41, 5.74) is 2.04. The first-order valence-corrected chi connectivity index (χ1v) is 8.27. The van der Waals surface area contributed by atoms with E-state index in [9.17, 15) is 14.9 Å². The SMILES string of the molecule is COc1ccc(/C=C(\C#N)C(=O)O[C@@H](C)C(=O)Nc2cccc(C)c2)cc1. The van der Waals surface area contributed by atoms with Gasteiger partial charge in [0.1, 0.15) is 17.4 Å². The van der Waals surface area contributed by atoms with Crippen LogP contribution in [0.4, 0.5) is 5.69 Å². The highest BCUT2D eigenvalue weighted by atomic mass is 16.5. The van der Waals surface area contributed by atoms with Crippen molar-refractivity contribution in [3.05, 3.63) is 65.2 Å². The van der Waals surface area contributed by atoms with Gasteiger partial charge < -0.3 is 14.8 Å². The molecular formula is C21H20N2O4. The van der Waals surface area contributed by atoms with E-state index in [2.05, 4.69) is 5.32 Å². The molecule has 0 heterocycles. The molecule has 0 saturated heterocycles. The molecule has 1 N–H and O–H groups in total. The summed E-state index contributed by atoms with van der Waals surface area (Å²) in [4.78, 5) is 24.4. The fourth-order valence-electron chi connectivity index (χ4n) is 2.25. The third kappa shape index (κ3) is 5.72. The van der Waals surface area contributed by atoms with Crippen LogP contribution in [-0.2, 0) is 14.3 Å². The fraction of sp³-hybridized carbons (Fsp3) is 0.190. The molecule has 0 bridgehead atoms. The highest BCUT2D eigenvalue weighted by molar-refractivity contribution is 6.01. The standard InChI is InChI=1S/C21H20N2O4/c1-14-5-4-6-18(11-14)23-20(24)15(2)27-21(25)17(13-22)12-16-7-9-19(26-3)10-8-16/h4-12,15H,1-3H3,(H,23,24)/b17-12+/t15-/m0/s1. The summed E-state index contributed by atoms with van der Waals surface area (Å²) in [6.07, 6.45) is 0.345. The predicted molar refractivity (Wildman–Crippen MR) is 102 cm³/mol. The lowest BCUT2D eigenvalue weighted by molar-refractivity contribution is -0.148. The zero-order valence-corrected chi connectivity index (χ0v) is 15.4. The van der Waals surface area contributed by atoms with Gasteiger partial charge in [0.2, 0.25) is 0 Å². The lowest BCUT2D eigenvalue weighted by Crippen LogP contribution is -2.30. The molecular weight excluding hydrogens is 344 g/mol. The van der Waals surface area contributed by atoms with Crippen LogP contribution in [0.2, 0.25) is 0 Å². The maximum absolute atomic E-state index is 12.2. The van der Waals surface area contributed by atoms with Crippen LogP contribution in [0.15, 0.2) is 54.1 Å². The van der Waals surface area contributed by atoms with Gasteiger partial charge in [-0.05, 0) is 55.3 Å². The Labute approximate surface area is 158 Å². The van der Waals surface area contributed by atoms with E-state index in [1.54, 1.807) is 49.6 Å². The van der Waals surface area contributed by atoms with E-state index >= 15 is 0 Å². The number of carbonyl (C=O) groups excluding carboxylic acids is 2. The number of ether oxygens (including phenoxy) is 2. The Kier molecular flexibility index (Phi) is 6.73. The van der Waals surface area contributed by atoms with E-state index in [1.165, 1.54) is 13.0 Å². The molecule has 2 aromatic rings. The van der Waals surface area contributed by atoms with Crippen molar-refractivity contribution in [1.82, 2.24) is 0 Å². The van der Waals surface area contributed by atoms with E-state index in [0.717, 1.165) is 5.56 Å². The lowest BCUT2D eigenvalue weighted by Gasteiger charge is -2.13. The minimum absolute atomic E-state index is 0.199. The molecule has 0 aliphatic carbocycles. The quantitative estimate of drug-likeness (QED) is 0.482. The number of hydrogen-bond donors (Lipinski definition) is 1. The number of rotatable bonds is 6. The van der Waals surface area contributed by atoms with Crippen molar-refractivity contribution in [2.75, 3.05) is 12.4 Å². The number of benzene rings is 2. The first kappa shape index (κ1) is 19.7. The molecule has 1 amide bonds. The van der Waals surface area contributed by atoms with Gasteiger partial charge >= 0.3 is 5.97 Å². The minimum Gasteiger partial charge on any atom is -0.497 e. The molecule has 2 rings (SSSR count). The number of anilines is 1. The number of esters is 1.